The molecule has 3 aromatic rings. The molecule has 0 atom stereocenters. The summed E-state index contributed by atoms with van der Waals surface area (Å²) < 4.78 is 1.66. The predicted octanol–water partition coefficient (Wildman–Crippen LogP) is 2.31. The van der Waals surface area contributed by atoms with Crippen LogP contribution >= 0.6 is 0 Å². The van der Waals surface area contributed by atoms with Crippen LogP contribution in [-0.4, -0.2) is 19.9 Å². The number of aromatic hydroxyl groups is 1. The fraction of sp³-hybridized carbons (Fsp3) is 0.0625. The van der Waals surface area contributed by atoms with E-state index in [1.807, 2.05) is 6.20 Å². The van der Waals surface area contributed by atoms with Crippen LogP contribution in [0, 0.1) is 11.3 Å². The number of phenols is 1. The summed E-state index contributed by atoms with van der Waals surface area (Å²) in [4.78, 5) is 4.28. The van der Waals surface area contributed by atoms with E-state index in [4.69, 9.17) is 5.73 Å². The number of aromatic nitrogens is 3. The molecule has 0 aliphatic carbocycles. The Kier molecular flexibility index (Phi) is 3.24. The van der Waals surface area contributed by atoms with Gasteiger partial charge in [0.1, 0.15) is 23.2 Å². The van der Waals surface area contributed by atoms with E-state index in [1.165, 1.54) is 0 Å². The van der Waals surface area contributed by atoms with Crippen LogP contribution in [0.25, 0.3) is 22.4 Å². The van der Waals surface area contributed by atoms with Gasteiger partial charge in [-0.15, -0.1) is 0 Å². The van der Waals surface area contributed by atoms with Crippen LogP contribution < -0.4 is 5.73 Å². The number of nitriles is 1. The molecule has 0 radical (unpaired) electrons. The molecule has 0 unspecified atom stereocenters. The Bertz CT molecular complexity index is 875. The summed E-state index contributed by atoms with van der Waals surface area (Å²) in [7, 11) is 1.81. The minimum Gasteiger partial charge on any atom is -0.508 e. The molecular weight excluding hydrogens is 278 g/mol. The third-order valence-corrected chi connectivity index (χ3v) is 3.34. The lowest BCUT2D eigenvalue weighted by Crippen LogP contribution is -1.99. The molecule has 0 saturated heterocycles. The van der Waals surface area contributed by atoms with Gasteiger partial charge >= 0.3 is 0 Å². The standard InChI is InChI=1S/C16H13N5O/c1-21-9-11(8-19-21)13-6-15(20-16(18)14(13)7-17)10-2-4-12(22)5-3-10/h2-6,8-9,22H,1H3,(H2,18,20). The second kappa shape index (κ2) is 5.22. The summed E-state index contributed by atoms with van der Waals surface area (Å²) in [6.07, 6.45) is 3.49. The molecule has 6 nitrogen and oxygen atoms in total. The van der Waals surface area contributed by atoms with Crippen LogP contribution in [-0.2, 0) is 7.05 Å². The molecule has 2 aromatic heterocycles. The third-order valence-electron chi connectivity index (χ3n) is 3.34. The molecule has 3 N–H and O–H groups in total. The first-order chi connectivity index (χ1) is 10.6. The van der Waals surface area contributed by atoms with Crippen LogP contribution in [0.1, 0.15) is 5.56 Å². The summed E-state index contributed by atoms with van der Waals surface area (Å²) in [5, 5.41) is 22.8. The van der Waals surface area contributed by atoms with E-state index in [2.05, 4.69) is 16.2 Å². The number of nitrogens with two attached hydrogens (primary N) is 1. The van der Waals surface area contributed by atoms with Crippen molar-refractivity contribution in [1.29, 1.82) is 5.26 Å². The Hall–Kier alpha value is -3.33. The van der Waals surface area contributed by atoms with Gasteiger partial charge in [-0.2, -0.15) is 10.4 Å². The van der Waals surface area contributed by atoms with Crippen LogP contribution in [0.3, 0.4) is 0 Å². The predicted molar refractivity (Wildman–Crippen MR) is 82.7 cm³/mol. The Morgan fingerprint density at radius 3 is 2.55 bits per heavy atom. The van der Waals surface area contributed by atoms with Crippen molar-refractivity contribution in [1.82, 2.24) is 14.8 Å². The molecule has 0 spiro atoms. The number of aryl methyl sites for hydroxylation is 1. The number of nitrogen functional groups attached to an aromatic ring is 1. The van der Waals surface area contributed by atoms with Gasteiger partial charge < -0.3 is 10.8 Å². The molecule has 22 heavy (non-hydrogen) atoms. The van der Waals surface area contributed by atoms with Gasteiger partial charge in [0.25, 0.3) is 0 Å². The van der Waals surface area contributed by atoms with E-state index < -0.39 is 0 Å². The lowest BCUT2D eigenvalue weighted by Gasteiger charge is -2.08. The molecule has 0 bridgehead atoms. The number of rotatable bonds is 2. The summed E-state index contributed by atoms with van der Waals surface area (Å²) >= 11 is 0. The highest BCUT2D eigenvalue weighted by Gasteiger charge is 2.14. The molecular formula is C16H13N5O. The fourth-order valence-electron chi connectivity index (χ4n) is 2.25. The average Bonchev–Trinajstić information content (AvgIpc) is 2.93. The SMILES string of the molecule is Cn1cc(-c2cc(-c3ccc(O)cc3)nc(N)c2C#N)cn1. The Morgan fingerprint density at radius 2 is 1.95 bits per heavy atom. The van der Waals surface area contributed by atoms with Crippen LogP contribution in [0.5, 0.6) is 5.75 Å². The summed E-state index contributed by atoms with van der Waals surface area (Å²) in [6, 6.07) is 10.5. The van der Waals surface area contributed by atoms with E-state index in [-0.39, 0.29) is 11.6 Å². The van der Waals surface area contributed by atoms with Crippen molar-refractivity contribution in [2.75, 3.05) is 5.73 Å². The molecule has 0 saturated carbocycles. The first-order valence-corrected chi connectivity index (χ1v) is 6.57. The second-order valence-corrected chi connectivity index (χ2v) is 4.88. The van der Waals surface area contributed by atoms with Gasteiger partial charge in [-0.3, -0.25) is 4.68 Å². The zero-order chi connectivity index (χ0) is 15.7. The third kappa shape index (κ3) is 2.36. The summed E-state index contributed by atoms with van der Waals surface area (Å²) in [5.74, 6) is 0.352. The lowest BCUT2D eigenvalue weighted by molar-refractivity contribution is 0.475. The van der Waals surface area contributed by atoms with Gasteiger partial charge in [-0.1, -0.05) is 0 Å². The molecule has 3 rings (SSSR count). The average molecular weight is 291 g/mol. The first kappa shape index (κ1) is 13.6. The van der Waals surface area contributed by atoms with Gasteiger partial charge in [-0.25, -0.2) is 4.98 Å². The molecule has 0 amide bonds. The van der Waals surface area contributed by atoms with Gasteiger partial charge in [0.2, 0.25) is 0 Å². The lowest BCUT2D eigenvalue weighted by atomic mass is 10.0. The summed E-state index contributed by atoms with van der Waals surface area (Å²) in [6.45, 7) is 0. The van der Waals surface area contributed by atoms with Crippen LogP contribution in [0.4, 0.5) is 5.82 Å². The minimum absolute atomic E-state index is 0.173. The highest BCUT2D eigenvalue weighted by molar-refractivity contribution is 5.79. The molecule has 6 heteroatoms. The zero-order valence-corrected chi connectivity index (χ0v) is 11.9. The topological polar surface area (TPSA) is 101 Å². The number of phenolic OH excluding ortho intramolecular Hbond substituents is 1. The first-order valence-electron chi connectivity index (χ1n) is 6.57. The van der Waals surface area contributed by atoms with Gasteiger partial charge in [-0.05, 0) is 30.3 Å². The molecule has 108 valence electrons. The van der Waals surface area contributed by atoms with Gasteiger partial charge in [0, 0.05) is 29.9 Å². The monoisotopic (exact) mass is 291 g/mol. The maximum atomic E-state index is 9.38. The number of nitrogens with zero attached hydrogens (tertiary/aromatic N) is 4. The van der Waals surface area contributed by atoms with Gasteiger partial charge in [0.05, 0.1) is 11.9 Å². The van der Waals surface area contributed by atoms with Crippen LogP contribution in [0.15, 0.2) is 42.7 Å². The minimum atomic E-state index is 0.173. The van der Waals surface area contributed by atoms with Crippen molar-refractivity contribution >= 4 is 5.82 Å². The van der Waals surface area contributed by atoms with E-state index in [9.17, 15) is 10.4 Å². The van der Waals surface area contributed by atoms with Gasteiger partial charge in [0.15, 0.2) is 0 Å². The molecule has 1 aromatic carbocycles. The molecule has 0 fully saturated rings. The Labute approximate surface area is 127 Å². The molecule has 0 aliphatic rings. The quantitative estimate of drug-likeness (QED) is 0.754. The highest BCUT2D eigenvalue weighted by Crippen LogP contribution is 2.31. The van der Waals surface area contributed by atoms with Crippen molar-refractivity contribution in [3.8, 4) is 34.2 Å². The number of hydrogen-bond acceptors (Lipinski definition) is 5. The normalized spacial score (nSPS) is 10.4. The summed E-state index contributed by atoms with van der Waals surface area (Å²) in [5.41, 5.74) is 9.19. The van der Waals surface area contributed by atoms with E-state index in [0.717, 1.165) is 11.1 Å². The largest absolute Gasteiger partial charge is 0.508 e. The Morgan fingerprint density at radius 1 is 1.23 bits per heavy atom. The maximum absolute atomic E-state index is 9.38. The van der Waals surface area contributed by atoms with E-state index >= 15 is 0 Å². The number of benzene rings is 1. The van der Waals surface area contributed by atoms with Crippen molar-refractivity contribution in [3.05, 3.63) is 48.3 Å². The van der Waals surface area contributed by atoms with Crippen LogP contribution in [0.2, 0.25) is 0 Å². The van der Waals surface area contributed by atoms with E-state index in [1.54, 1.807) is 48.3 Å². The van der Waals surface area contributed by atoms with Crippen molar-refractivity contribution < 1.29 is 5.11 Å². The number of pyridine rings is 1. The maximum Gasteiger partial charge on any atom is 0.142 e. The van der Waals surface area contributed by atoms with Crippen molar-refractivity contribution in [2.45, 2.75) is 0 Å². The van der Waals surface area contributed by atoms with Crippen molar-refractivity contribution in [2.24, 2.45) is 7.05 Å². The zero-order valence-electron chi connectivity index (χ0n) is 11.9. The smallest absolute Gasteiger partial charge is 0.142 e. The fourth-order valence-corrected chi connectivity index (χ4v) is 2.25. The Balaban J connectivity index is 2.20. The number of anilines is 1. The second-order valence-electron chi connectivity index (χ2n) is 4.88. The highest BCUT2D eigenvalue weighted by atomic mass is 16.3. The van der Waals surface area contributed by atoms with E-state index in [0.29, 0.717) is 16.8 Å². The molecule has 2 heterocycles. The molecule has 0 aliphatic heterocycles. The van der Waals surface area contributed by atoms with Crippen molar-refractivity contribution in [3.63, 3.8) is 0 Å². The number of hydrogen-bond donors (Lipinski definition) is 2.